The smallest absolute Gasteiger partial charge is 0.272 e. The van der Waals surface area contributed by atoms with Crippen molar-refractivity contribution in [2.75, 3.05) is 6.54 Å². The third kappa shape index (κ3) is 3.59. The molecule has 0 bridgehead atoms. The predicted molar refractivity (Wildman–Crippen MR) is 128 cm³/mol. The molecule has 1 aliphatic heterocycles. The minimum Gasteiger partial charge on any atom is -0.331 e. The van der Waals surface area contributed by atoms with Crippen LogP contribution in [-0.4, -0.2) is 27.5 Å². The lowest BCUT2D eigenvalue weighted by molar-refractivity contribution is 0.0630. The summed E-state index contributed by atoms with van der Waals surface area (Å²) in [6.07, 6.45) is 3.35. The largest absolute Gasteiger partial charge is 0.331 e. The Morgan fingerprint density at radius 1 is 1.03 bits per heavy atom. The first-order chi connectivity index (χ1) is 16.6. The Labute approximate surface area is 196 Å². The normalized spacial score (nSPS) is 17.6. The number of hydrogen-bond donors (Lipinski definition) is 1. The number of amides is 1. The van der Waals surface area contributed by atoms with E-state index >= 15 is 0 Å². The predicted octanol–water partition coefficient (Wildman–Crippen LogP) is 4.80. The molecule has 6 rings (SSSR count). The number of nitrogens with zero attached hydrogens (tertiary/aromatic N) is 2. The van der Waals surface area contributed by atoms with Gasteiger partial charge in [-0.15, -0.1) is 0 Å². The van der Waals surface area contributed by atoms with Crippen molar-refractivity contribution in [2.24, 2.45) is 5.92 Å². The third-order valence-corrected chi connectivity index (χ3v) is 7.07. The summed E-state index contributed by atoms with van der Waals surface area (Å²) in [5.41, 5.74) is 3.79. The molecule has 6 heteroatoms. The first-order valence-corrected chi connectivity index (χ1v) is 11.7. The molecule has 0 radical (unpaired) electrons. The molecule has 5 nitrogen and oxygen atoms in total. The fraction of sp³-hybridized carbons (Fsp3) is 0.250. The summed E-state index contributed by atoms with van der Waals surface area (Å²) in [5, 5.41) is 8.09. The van der Waals surface area contributed by atoms with Gasteiger partial charge in [0.2, 0.25) is 0 Å². The highest BCUT2D eigenvalue weighted by atomic mass is 19.1. The van der Waals surface area contributed by atoms with Crippen LogP contribution in [0.1, 0.15) is 51.6 Å². The molecular formula is C28H24FN3O2. The summed E-state index contributed by atoms with van der Waals surface area (Å²) < 4.78 is 14.9. The second kappa shape index (κ2) is 8.20. The van der Waals surface area contributed by atoms with Crippen LogP contribution >= 0.6 is 0 Å². The standard InChI is InChI=1S/C28H24FN3O2/c29-24-12-9-17(16-25-21-7-3-4-8-22(21)27(33)31-30-25)15-23(24)28(34)32-14-13-18-5-1-2-6-20(18)26(32)19-10-11-19/h1-9,12,15,19,26H,10-11,13-14,16H2,(H,31,33). The Morgan fingerprint density at radius 3 is 2.62 bits per heavy atom. The minimum absolute atomic E-state index is 0.00492. The van der Waals surface area contributed by atoms with Crippen molar-refractivity contribution in [3.63, 3.8) is 0 Å². The average molecular weight is 454 g/mol. The maximum atomic E-state index is 14.9. The van der Waals surface area contributed by atoms with Gasteiger partial charge in [-0.25, -0.2) is 9.49 Å². The second-order valence-electron chi connectivity index (χ2n) is 9.27. The van der Waals surface area contributed by atoms with E-state index in [1.165, 1.54) is 17.2 Å². The Hall–Kier alpha value is -3.80. The van der Waals surface area contributed by atoms with Crippen LogP contribution in [0.25, 0.3) is 10.8 Å². The van der Waals surface area contributed by atoms with Gasteiger partial charge in [0.1, 0.15) is 5.82 Å². The lowest BCUT2D eigenvalue weighted by Crippen LogP contribution is -2.41. The zero-order valence-electron chi connectivity index (χ0n) is 18.6. The maximum absolute atomic E-state index is 14.9. The Kier molecular flexibility index (Phi) is 5.01. The molecule has 1 aromatic heterocycles. The number of carbonyl (C=O) groups excluding carboxylic acids is 1. The monoisotopic (exact) mass is 453 g/mol. The van der Waals surface area contributed by atoms with Crippen molar-refractivity contribution in [1.82, 2.24) is 15.1 Å². The molecule has 170 valence electrons. The van der Waals surface area contributed by atoms with Gasteiger partial charge in [0.25, 0.3) is 11.5 Å². The SMILES string of the molecule is O=C(c1cc(Cc2n[nH]c(=O)c3ccccc23)ccc1F)N1CCc2ccccc2C1C1CC1. The Morgan fingerprint density at radius 2 is 1.79 bits per heavy atom. The number of aromatic nitrogens is 2. The molecule has 2 aliphatic rings. The summed E-state index contributed by atoms with van der Waals surface area (Å²) in [6.45, 7) is 0.590. The average Bonchev–Trinajstić information content (AvgIpc) is 3.71. The van der Waals surface area contributed by atoms with Crippen molar-refractivity contribution in [1.29, 1.82) is 0 Å². The molecule has 1 aliphatic carbocycles. The highest BCUT2D eigenvalue weighted by Gasteiger charge is 2.41. The first kappa shape index (κ1) is 20.8. The van der Waals surface area contributed by atoms with E-state index in [0.717, 1.165) is 30.2 Å². The van der Waals surface area contributed by atoms with Crippen LogP contribution < -0.4 is 5.56 Å². The molecule has 1 unspecified atom stereocenters. The fourth-order valence-corrected chi connectivity index (χ4v) is 5.25. The number of aromatic amines is 1. The fourth-order valence-electron chi connectivity index (χ4n) is 5.25. The van der Waals surface area contributed by atoms with Gasteiger partial charge >= 0.3 is 0 Å². The molecule has 1 N–H and O–H groups in total. The summed E-state index contributed by atoms with van der Waals surface area (Å²) in [4.78, 5) is 27.6. The van der Waals surface area contributed by atoms with Gasteiger partial charge in [0.15, 0.2) is 0 Å². The van der Waals surface area contributed by atoms with E-state index < -0.39 is 5.82 Å². The van der Waals surface area contributed by atoms with E-state index in [2.05, 4.69) is 22.3 Å². The molecule has 0 spiro atoms. The van der Waals surface area contributed by atoms with Gasteiger partial charge in [-0.05, 0) is 60.1 Å². The van der Waals surface area contributed by atoms with Gasteiger partial charge in [-0.1, -0.05) is 48.5 Å². The van der Waals surface area contributed by atoms with Crippen molar-refractivity contribution < 1.29 is 9.18 Å². The van der Waals surface area contributed by atoms with Crippen LogP contribution in [0, 0.1) is 11.7 Å². The Bertz CT molecular complexity index is 1470. The van der Waals surface area contributed by atoms with E-state index in [1.807, 2.05) is 35.2 Å². The van der Waals surface area contributed by atoms with Crippen molar-refractivity contribution >= 4 is 16.7 Å². The summed E-state index contributed by atoms with van der Waals surface area (Å²) >= 11 is 0. The first-order valence-electron chi connectivity index (χ1n) is 11.7. The quantitative estimate of drug-likeness (QED) is 0.483. The number of H-pyrrole nitrogens is 1. The third-order valence-electron chi connectivity index (χ3n) is 7.07. The number of halogens is 1. The molecule has 0 saturated heterocycles. The van der Waals surface area contributed by atoms with E-state index in [0.29, 0.717) is 30.0 Å². The van der Waals surface area contributed by atoms with Gasteiger partial charge in [-0.3, -0.25) is 9.59 Å². The van der Waals surface area contributed by atoms with Crippen LogP contribution in [0.5, 0.6) is 0 Å². The van der Waals surface area contributed by atoms with E-state index in [4.69, 9.17) is 0 Å². The van der Waals surface area contributed by atoms with Crippen LogP contribution in [0.4, 0.5) is 4.39 Å². The zero-order valence-corrected chi connectivity index (χ0v) is 18.6. The summed E-state index contributed by atoms with van der Waals surface area (Å²) in [7, 11) is 0. The number of rotatable bonds is 4. The molecular weight excluding hydrogens is 429 g/mol. The Balaban J connectivity index is 1.34. The van der Waals surface area contributed by atoms with Crippen LogP contribution in [0.15, 0.2) is 71.5 Å². The molecule has 34 heavy (non-hydrogen) atoms. The van der Waals surface area contributed by atoms with Gasteiger partial charge in [-0.2, -0.15) is 5.10 Å². The van der Waals surface area contributed by atoms with Gasteiger partial charge < -0.3 is 4.90 Å². The highest BCUT2D eigenvalue weighted by Crippen LogP contribution is 2.47. The summed E-state index contributed by atoms with van der Waals surface area (Å²) in [5.74, 6) is -0.333. The molecule has 3 aromatic carbocycles. The highest BCUT2D eigenvalue weighted by molar-refractivity contribution is 5.95. The molecule has 1 fully saturated rings. The van der Waals surface area contributed by atoms with Crippen LogP contribution in [0.3, 0.4) is 0 Å². The van der Waals surface area contributed by atoms with E-state index in [1.54, 1.807) is 18.2 Å². The number of fused-ring (bicyclic) bond motifs is 2. The lowest BCUT2D eigenvalue weighted by Gasteiger charge is -2.38. The van der Waals surface area contributed by atoms with E-state index in [-0.39, 0.29) is 23.1 Å². The zero-order chi connectivity index (χ0) is 23.2. The lowest BCUT2D eigenvalue weighted by atomic mass is 9.89. The topological polar surface area (TPSA) is 66.1 Å². The van der Waals surface area contributed by atoms with E-state index in [9.17, 15) is 14.0 Å². The van der Waals surface area contributed by atoms with Crippen molar-refractivity contribution in [2.45, 2.75) is 31.7 Å². The molecule has 1 atom stereocenters. The number of nitrogens with one attached hydrogen (secondary N) is 1. The summed E-state index contributed by atoms with van der Waals surface area (Å²) in [6, 6.07) is 20.3. The van der Waals surface area contributed by atoms with Crippen LogP contribution in [0.2, 0.25) is 0 Å². The molecule has 2 heterocycles. The van der Waals surface area contributed by atoms with Gasteiger partial charge in [0, 0.05) is 18.4 Å². The number of hydrogen-bond acceptors (Lipinski definition) is 3. The van der Waals surface area contributed by atoms with Crippen molar-refractivity contribution in [3.8, 4) is 0 Å². The second-order valence-corrected chi connectivity index (χ2v) is 9.27. The molecule has 1 amide bonds. The minimum atomic E-state index is -0.513. The molecule has 4 aromatic rings. The number of benzene rings is 3. The molecule has 1 saturated carbocycles. The number of carbonyl (C=O) groups is 1. The van der Waals surface area contributed by atoms with Gasteiger partial charge in [0.05, 0.1) is 22.7 Å². The van der Waals surface area contributed by atoms with Crippen molar-refractivity contribution in [3.05, 3.63) is 111 Å². The maximum Gasteiger partial charge on any atom is 0.272 e. The van der Waals surface area contributed by atoms with Crippen LogP contribution in [-0.2, 0) is 12.8 Å².